The van der Waals surface area contributed by atoms with Crippen molar-refractivity contribution in [1.82, 2.24) is 5.32 Å². The van der Waals surface area contributed by atoms with Crippen LogP contribution in [0.4, 0.5) is 0 Å². The predicted octanol–water partition coefficient (Wildman–Crippen LogP) is 4.31. The van der Waals surface area contributed by atoms with Crippen LogP contribution in [0.5, 0.6) is 5.75 Å². The van der Waals surface area contributed by atoms with Crippen LogP contribution in [0, 0.1) is 12.3 Å². The van der Waals surface area contributed by atoms with Gasteiger partial charge in [-0.3, -0.25) is 0 Å². The average molecular weight is 277 g/mol. The van der Waals surface area contributed by atoms with E-state index in [0.29, 0.717) is 0 Å². The maximum Gasteiger partial charge on any atom is 0.123 e. The molecular weight excluding hydrogens is 246 g/mol. The summed E-state index contributed by atoms with van der Waals surface area (Å²) in [7, 11) is 0. The minimum Gasteiger partial charge on any atom is -0.493 e. The Labute approximate surface area is 124 Å². The summed E-state index contributed by atoms with van der Waals surface area (Å²) in [5, 5.41) is 3.40. The molecule has 0 aliphatic carbocycles. The molecule has 0 bridgehead atoms. The highest BCUT2D eigenvalue weighted by atomic mass is 16.5. The van der Waals surface area contributed by atoms with Gasteiger partial charge in [-0.05, 0) is 36.1 Å². The van der Waals surface area contributed by atoms with Crippen molar-refractivity contribution < 1.29 is 4.74 Å². The normalized spacial score (nSPS) is 12.6. The maximum absolute atomic E-state index is 6.17. The molecule has 0 heterocycles. The van der Waals surface area contributed by atoms with Gasteiger partial charge in [0.25, 0.3) is 0 Å². The lowest BCUT2D eigenvalue weighted by Crippen LogP contribution is -2.34. The standard InChI is InChI=1S/C18H31NO/c1-8-19-12-18(6,7)13-20-16-11-14(2)9-10-15(16)17(3,4)5/h9-11,19H,8,12-13H2,1-7H3. The molecule has 1 aromatic carbocycles. The Hall–Kier alpha value is -1.02. The van der Waals surface area contributed by atoms with E-state index in [1.807, 2.05) is 0 Å². The monoisotopic (exact) mass is 277 g/mol. The molecular formula is C18H31NO. The molecule has 0 saturated carbocycles. The Bertz CT molecular complexity index is 430. The molecule has 114 valence electrons. The van der Waals surface area contributed by atoms with Crippen LogP contribution < -0.4 is 10.1 Å². The summed E-state index contributed by atoms with van der Waals surface area (Å²) in [4.78, 5) is 0. The Morgan fingerprint density at radius 1 is 1.10 bits per heavy atom. The van der Waals surface area contributed by atoms with Crippen LogP contribution in [0.3, 0.4) is 0 Å². The summed E-state index contributed by atoms with van der Waals surface area (Å²) in [6, 6.07) is 6.52. The van der Waals surface area contributed by atoms with Crippen molar-refractivity contribution in [2.45, 2.75) is 53.9 Å². The van der Waals surface area contributed by atoms with Gasteiger partial charge in [0.1, 0.15) is 5.75 Å². The van der Waals surface area contributed by atoms with E-state index in [2.05, 4.69) is 72.0 Å². The molecule has 0 radical (unpaired) electrons. The fourth-order valence-electron chi connectivity index (χ4n) is 2.16. The van der Waals surface area contributed by atoms with Gasteiger partial charge in [-0.15, -0.1) is 0 Å². The largest absolute Gasteiger partial charge is 0.493 e. The van der Waals surface area contributed by atoms with Gasteiger partial charge in [0.15, 0.2) is 0 Å². The Morgan fingerprint density at radius 2 is 1.75 bits per heavy atom. The van der Waals surface area contributed by atoms with Crippen LogP contribution in [0.1, 0.15) is 52.7 Å². The van der Waals surface area contributed by atoms with Gasteiger partial charge >= 0.3 is 0 Å². The average Bonchev–Trinajstić information content (AvgIpc) is 2.33. The van der Waals surface area contributed by atoms with Crippen molar-refractivity contribution in [3.63, 3.8) is 0 Å². The molecule has 0 unspecified atom stereocenters. The van der Waals surface area contributed by atoms with Crippen LogP contribution in [0.2, 0.25) is 0 Å². The fraction of sp³-hybridized carbons (Fsp3) is 0.667. The molecule has 0 fully saturated rings. The number of nitrogens with one attached hydrogen (secondary N) is 1. The van der Waals surface area contributed by atoms with E-state index in [1.165, 1.54) is 11.1 Å². The van der Waals surface area contributed by atoms with E-state index in [4.69, 9.17) is 4.74 Å². The van der Waals surface area contributed by atoms with Crippen LogP contribution in [-0.2, 0) is 5.41 Å². The first-order chi connectivity index (χ1) is 9.15. The second-order valence-electron chi connectivity index (χ2n) is 7.48. The fourth-order valence-corrected chi connectivity index (χ4v) is 2.16. The van der Waals surface area contributed by atoms with Crippen molar-refractivity contribution >= 4 is 0 Å². The quantitative estimate of drug-likeness (QED) is 0.836. The van der Waals surface area contributed by atoms with E-state index in [-0.39, 0.29) is 10.8 Å². The van der Waals surface area contributed by atoms with E-state index in [0.717, 1.165) is 25.4 Å². The third kappa shape index (κ3) is 5.16. The van der Waals surface area contributed by atoms with Crippen molar-refractivity contribution in [3.05, 3.63) is 29.3 Å². The minimum absolute atomic E-state index is 0.106. The van der Waals surface area contributed by atoms with Crippen LogP contribution in [-0.4, -0.2) is 19.7 Å². The molecule has 20 heavy (non-hydrogen) atoms. The zero-order valence-electron chi connectivity index (χ0n) is 14.3. The molecule has 0 spiro atoms. The summed E-state index contributed by atoms with van der Waals surface area (Å²) in [5.41, 5.74) is 2.77. The van der Waals surface area contributed by atoms with Gasteiger partial charge < -0.3 is 10.1 Å². The highest BCUT2D eigenvalue weighted by Gasteiger charge is 2.22. The van der Waals surface area contributed by atoms with Crippen molar-refractivity contribution in [2.24, 2.45) is 5.41 Å². The molecule has 1 rings (SSSR count). The molecule has 0 aliphatic heterocycles. The minimum atomic E-state index is 0.106. The Kier molecular flexibility index (Phi) is 5.64. The second kappa shape index (κ2) is 6.62. The molecule has 0 atom stereocenters. The summed E-state index contributed by atoms with van der Waals surface area (Å²) < 4.78 is 6.17. The first-order valence-electron chi connectivity index (χ1n) is 7.60. The lowest BCUT2D eigenvalue weighted by molar-refractivity contribution is 0.174. The number of rotatable bonds is 6. The topological polar surface area (TPSA) is 21.3 Å². The van der Waals surface area contributed by atoms with E-state index in [9.17, 15) is 0 Å². The lowest BCUT2D eigenvalue weighted by Gasteiger charge is -2.28. The van der Waals surface area contributed by atoms with E-state index in [1.54, 1.807) is 0 Å². The highest BCUT2D eigenvalue weighted by Crippen LogP contribution is 2.33. The maximum atomic E-state index is 6.17. The van der Waals surface area contributed by atoms with Crippen LogP contribution in [0.25, 0.3) is 0 Å². The first kappa shape index (κ1) is 17.0. The number of hydrogen-bond acceptors (Lipinski definition) is 2. The highest BCUT2D eigenvalue weighted by molar-refractivity contribution is 5.41. The van der Waals surface area contributed by atoms with Gasteiger partial charge in [-0.25, -0.2) is 0 Å². The Morgan fingerprint density at radius 3 is 2.30 bits per heavy atom. The molecule has 1 aromatic rings. The third-order valence-electron chi connectivity index (χ3n) is 3.42. The molecule has 0 amide bonds. The first-order valence-corrected chi connectivity index (χ1v) is 7.60. The van der Waals surface area contributed by atoms with E-state index < -0.39 is 0 Å². The number of benzene rings is 1. The summed E-state index contributed by atoms with van der Waals surface area (Å²) in [6.45, 7) is 18.1. The summed E-state index contributed by atoms with van der Waals surface area (Å²) in [6.07, 6.45) is 0. The van der Waals surface area contributed by atoms with Gasteiger partial charge in [0.05, 0.1) is 6.61 Å². The van der Waals surface area contributed by atoms with Gasteiger partial charge in [-0.1, -0.05) is 53.7 Å². The van der Waals surface area contributed by atoms with Crippen LogP contribution >= 0.6 is 0 Å². The van der Waals surface area contributed by atoms with Gasteiger partial charge in [-0.2, -0.15) is 0 Å². The summed E-state index contributed by atoms with van der Waals surface area (Å²) in [5.74, 6) is 1.03. The van der Waals surface area contributed by atoms with Gasteiger partial charge in [0, 0.05) is 12.0 Å². The number of aryl methyl sites for hydroxylation is 1. The van der Waals surface area contributed by atoms with E-state index >= 15 is 0 Å². The zero-order valence-corrected chi connectivity index (χ0v) is 14.3. The molecule has 0 aromatic heterocycles. The molecule has 0 saturated heterocycles. The van der Waals surface area contributed by atoms with Crippen molar-refractivity contribution in [1.29, 1.82) is 0 Å². The predicted molar refractivity (Wildman–Crippen MR) is 87.7 cm³/mol. The number of hydrogen-bond donors (Lipinski definition) is 1. The molecule has 2 heteroatoms. The van der Waals surface area contributed by atoms with Crippen LogP contribution in [0.15, 0.2) is 18.2 Å². The smallest absolute Gasteiger partial charge is 0.123 e. The van der Waals surface area contributed by atoms with Gasteiger partial charge in [0.2, 0.25) is 0 Å². The van der Waals surface area contributed by atoms with Crippen molar-refractivity contribution in [2.75, 3.05) is 19.7 Å². The Balaban J connectivity index is 2.84. The molecule has 1 N–H and O–H groups in total. The van der Waals surface area contributed by atoms with Crippen molar-refractivity contribution in [3.8, 4) is 5.75 Å². The molecule has 0 aliphatic rings. The molecule has 2 nitrogen and oxygen atoms in total. The third-order valence-corrected chi connectivity index (χ3v) is 3.42. The number of ether oxygens (including phenoxy) is 1. The second-order valence-corrected chi connectivity index (χ2v) is 7.48. The SMILES string of the molecule is CCNCC(C)(C)COc1cc(C)ccc1C(C)(C)C. The lowest BCUT2D eigenvalue weighted by atomic mass is 9.85. The zero-order chi connectivity index (χ0) is 15.4. The summed E-state index contributed by atoms with van der Waals surface area (Å²) >= 11 is 0.